The van der Waals surface area contributed by atoms with Crippen LogP contribution in [0.1, 0.15) is 20.3 Å². The summed E-state index contributed by atoms with van der Waals surface area (Å²) >= 11 is 0. The molecular weight excluding hydrogens is 235 g/mol. The number of ketones is 1. The molecule has 0 amide bonds. The Kier molecular flexibility index (Phi) is 3.43. The average molecular weight is 250 g/mol. The second kappa shape index (κ2) is 4.86. The van der Waals surface area contributed by atoms with Gasteiger partial charge in [0.2, 0.25) is 0 Å². The second-order valence-corrected chi connectivity index (χ2v) is 4.80. The third-order valence-electron chi connectivity index (χ3n) is 2.69. The Balaban J connectivity index is 2.07. The molecule has 1 saturated heterocycles. The molecule has 0 aliphatic carbocycles. The van der Waals surface area contributed by atoms with Gasteiger partial charge in [-0.2, -0.15) is 5.10 Å². The molecule has 0 radical (unpaired) electrons. The second-order valence-electron chi connectivity index (χ2n) is 4.80. The lowest BCUT2D eigenvalue weighted by atomic mass is 9.96. The Morgan fingerprint density at radius 3 is 2.78 bits per heavy atom. The zero-order valence-corrected chi connectivity index (χ0v) is 10.4. The Hall–Kier alpha value is -1.75. The van der Waals surface area contributed by atoms with Gasteiger partial charge in [0.15, 0.2) is 5.78 Å². The lowest BCUT2D eigenvalue weighted by molar-refractivity contribution is -0.122. The first-order valence-electron chi connectivity index (χ1n) is 5.72. The number of Topliss-reactive ketones (excluding diaryl/α,β-unsaturated/α-hetero) is 1. The highest BCUT2D eigenvalue weighted by Crippen LogP contribution is 2.20. The number of halogens is 1. The normalized spacial score (nSPS) is 21.1. The third kappa shape index (κ3) is 2.92. The van der Waals surface area contributed by atoms with Crippen molar-refractivity contribution in [1.29, 1.82) is 0 Å². The topological polar surface area (TPSA) is 50.7 Å². The van der Waals surface area contributed by atoms with Crippen LogP contribution >= 0.6 is 0 Å². The van der Waals surface area contributed by atoms with E-state index >= 15 is 0 Å². The molecular formula is C13H15FN2O2. The van der Waals surface area contributed by atoms with E-state index in [9.17, 15) is 9.18 Å². The van der Waals surface area contributed by atoms with Gasteiger partial charge in [-0.15, -0.1) is 0 Å². The van der Waals surface area contributed by atoms with Crippen LogP contribution in [0.2, 0.25) is 0 Å². The molecule has 0 unspecified atom stereocenters. The molecule has 1 heterocycles. The van der Waals surface area contributed by atoms with Crippen molar-refractivity contribution in [3.63, 3.8) is 0 Å². The van der Waals surface area contributed by atoms with Crippen molar-refractivity contribution in [2.24, 2.45) is 5.10 Å². The highest BCUT2D eigenvalue weighted by atomic mass is 19.1. The number of hydrazone groups is 1. The Labute approximate surface area is 105 Å². The summed E-state index contributed by atoms with van der Waals surface area (Å²) < 4.78 is 18.8. The highest BCUT2D eigenvalue weighted by molar-refractivity contribution is 6.41. The van der Waals surface area contributed by atoms with Crippen molar-refractivity contribution in [2.45, 2.75) is 25.9 Å². The maximum Gasteiger partial charge on any atom is 0.184 e. The maximum absolute atomic E-state index is 13.3. The van der Waals surface area contributed by atoms with Crippen LogP contribution in [0.5, 0.6) is 0 Å². The van der Waals surface area contributed by atoms with Gasteiger partial charge in [0.1, 0.15) is 11.5 Å². The lowest BCUT2D eigenvalue weighted by Gasteiger charge is -2.29. The van der Waals surface area contributed by atoms with Gasteiger partial charge in [-0.1, -0.05) is 12.1 Å². The van der Waals surface area contributed by atoms with E-state index < -0.39 is 11.4 Å². The minimum Gasteiger partial charge on any atom is -0.369 e. The molecule has 96 valence electrons. The number of rotatable bonds is 2. The predicted molar refractivity (Wildman–Crippen MR) is 67.1 cm³/mol. The molecule has 1 aliphatic rings. The largest absolute Gasteiger partial charge is 0.369 e. The first-order chi connectivity index (χ1) is 8.48. The van der Waals surface area contributed by atoms with Crippen LogP contribution in [-0.2, 0) is 9.53 Å². The van der Waals surface area contributed by atoms with Crippen LogP contribution in [0.15, 0.2) is 29.4 Å². The van der Waals surface area contributed by atoms with Gasteiger partial charge in [0.25, 0.3) is 0 Å². The molecule has 1 N–H and O–H groups in total. The fourth-order valence-electron chi connectivity index (χ4n) is 1.66. The van der Waals surface area contributed by atoms with Crippen molar-refractivity contribution in [3.8, 4) is 0 Å². The first kappa shape index (κ1) is 12.7. The van der Waals surface area contributed by atoms with Gasteiger partial charge in [0, 0.05) is 6.42 Å². The molecule has 0 spiro atoms. The van der Waals surface area contributed by atoms with E-state index in [4.69, 9.17) is 4.74 Å². The monoisotopic (exact) mass is 250 g/mol. The molecule has 1 aromatic carbocycles. The highest BCUT2D eigenvalue weighted by Gasteiger charge is 2.31. The van der Waals surface area contributed by atoms with E-state index in [0.29, 0.717) is 0 Å². The minimum absolute atomic E-state index is 0.0740. The SMILES string of the molecule is CC1(C)CC(=O)/C(=N/Nc2ccccc2F)CO1. The standard InChI is InChI=1S/C13H15FN2O2/c1-13(2)7-12(17)11(8-18-13)16-15-10-6-4-3-5-9(10)14/h3-6,15H,7-8H2,1-2H3/b16-11+. The third-order valence-corrected chi connectivity index (χ3v) is 2.69. The molecule has 1 fully saturated rings. The van der Waals surface area contributed by atoms with E-state index in [2.05, 4.69) is 10.5 Å². The molecule has 4 nitrogen and oxygen atoms in total. The number of para-hydroxylation sites is 1. The van der Waals surface area contributed by atoms with Crippen LogP contribution in [0.25, 0.3) is 0 Å². The van der Waals surface area contributed by atoms with Gasteiger partial charge in [-0.05, 0) is 26.0 Å². The van der Waals surface area contributed by atoms with Crippen LogP contribution in [0.3, 0.4) is 0 Å². The summed E-state index contributed by atoms with van der Waals surface area (Å²) in [7, 11) is 0. The summed E-state index contributed by atoms with van der Waals surface area (Å²) in [5, 5.41) is 3.91. The van der Waals surface area contributed by atoms with Gasteiger partial charge in [0.05, 0.1) is 17.9 Å². The van der Waals surface area contributed by atoms with Gasteiger partial charge in [-0.3, -0.25) is 10.2 Å². The molecule has 0 aromatic heterocycles. The summed E-state index contributed by atoms with van der Waals surface area (Å²) in [6, 6.07) is 6.15. The first-order valence-corrected chi connectivity index (χ1v) is 5.72. The fraction of sp³-hybridized carbons (Fsp3) is 0.385. The van der Waals surface area contributed by atoms with E-state index in [1.165, 1.54) is 6.07 Å². The van der Waals surface area contributed by atoms with E-state index in [1.54, 1.807) is 18.2 Å². The van der Waals surface area contributed by atoms with Gasteiger partial charge < -0.3 is 4.74 Å². The number of nitrogens with zero attached hydrogens (tertiary/aromatic N) is 1. The number of ether oxygens (including phenoxy) is 1. The van der Waals surface area contributed by atoms with Crippen molar-refractivity contribution < 1.29 is 13.9 Å². The lowest BCUT2D eigenvalue weighted by Crippen LogP contribution is -2.40. The summed E-state index contributed by atoms with van der Waals surface area (Å²) in [6.07, 6.45) is 0.283. The summed E-state index contributed by atoms with van der Waals surface area (Å²) in [4.78, 5) is 11.8. The van der Waals surface area contributed by atoms with Gasteiger partial charge >= 0.3 is 0 Å². The summed E-state index contributed by atoms with van der Waals surface area (Å²) in [6.45, 7) is 3.85. The van der Waals surface area contributed by atoms with Crippen molar-refractivity contribution >= 4 is 17.2 Å². The summed E-state index contributed by atoms with van der Waals surface area (Å²) in [5.41, 5.74) is 2.63. The Morgan fingerprint density at radius 1 is 1.39 bits per heavy atom. The van der Waals surface area contributed by atoms with Crippen LogP contribution in [0.4, 0.5) is 10.1 Å². The van der Waals surface area contributed by atoms with E-state index in [-0.39, 0.29) is 30.2 Å². The predicted octanol–water partition coefficient (Wildman–Crippen LogP) is 2.36. The average Bonchev–Trinajstić information content (AvgIpc) is 2.29. The van der Waals surface area contributed by atoms with Crippen LogP contribution in [-0.4, -0.2) is 23.7 Å². The Bertz CT molecular complexity index is 498. The molecule has 5 heteroatoms. The molecule has 0 bridgehead atoms. The smallest absolute Gasteiger partial charge is 0.184 e. The van der Waals surface area contributed by atoms with Crippen LogP contribution in [0, 0.1) is 5.82 Å². The Morgan fingerprint density at radius 2 is 2.11 bits per heavy atom. The number of anilines is 1. The zero-order chi connectivity index (χ0) is 13.2. The maximum atomic E-state index is 13.3. The molecule has 0 saturated carbocycles. The van der Waals surface area contributed by atoms with Crippen molar-refractivity contribution in [2.75, 3.05) is 12.0 Å². The van der Waals surface area contributed by atoms with E-state index in [0.717, 1.165) is 0 Å². The van der Waals surface area contributed by atoms with Crippen molar-refractivity contribution in [3.05, 3.63) is 30.1 Å². The molecule has 2 rings (SSSR count). The quantitative estimate of drug-likeness (QED) is 0.820. The summed E-state index contributed by atoms with van der Waals surface area (Å²) in [5.74, 6) is -0.485. The minimum atomic E-state index is -0.450. The number of hydrogen-bond acceptors (Lipinski definition) is 4. The molecule has 0 atom stereocenters. The molecule has 18 heavy (non-hydrogen) atoms. The van der Waals surface area contributed by atoms with Crippen LogP contribution < -0.4 is 5.43 Å². The van der Waals surface area contributed by atoms with Crippen molar-refractivity contribution in [1.82, 2.24) is 0 Å². The number of carbonyl (C=O) groups is 1. The number of carbonyl (C=O) groups excluding carboxylic acids is 1. The number of hydrogen-bond donors (Lipinski definition) is 1. The zero-order valence-electron chi connectivity index (χ0n) is 10.4. The number of nitrogens with one attached hydrogen (secondary N) is 1. The van der Waals surface area contributed by atoms with Gasteiger partial charge in [-0.25, -0.2) is 4.39 Å². The number of benzene rings is 1. The molecule has 1 aromatic rings. The van der Waals surface area contributed by atoms with E-state index in [1.807, 2.05) is 13.8 Å². The fourth-order valence-corrected chi connectivity index (χ4v) is 1.66. The molecule has 1 aliphatic heterocycles.